The normalized spacial score (nSPS) is 14.7. The molecule has 0 aromatic heterocycles. The van der Waals surface area contributed by atoms with Gasteiger partial charge < -0.3 is 15.4 Å². The van der Waals surface area contributed by atoms with Crippen molar-refractivity contribution in [1.82, 2.24) is 10.6 Å². The van der Waals surface area contributed by atoms with E-state index < -0.39 is 0 Å². The molecular formula is C16H24IN3O. The Hall–Kier alpha value is -1.24. The molecule has 21 heavy (non-hydrogen) atoms. The summed E-state index contributed by atoms with van der Waals surface area (Å²) in [5.41, 5.74) is 1.14. The van der Waals surface area contributed by atoms with Crippen LogP contribution in [0, 0.1) is 0 Å². The van der Waals surface area contributed by atoms with Gasteiger partial charge in [-0.1, -0.05) is 30.4 Å². The van der Waals surface area contributed by atoms with Crippen molar-refractivity contribution in [3.8, 4) is 5.75 Å². The van der Waals surface area contributed by atoms with Crippen molar-refractivity contribution in [2.24, 2.45) is 4.99 Å². The van der Waals surface area contributed by atoms with Crippen molar-refractivity contribution in [2.45, 2.75) is 32.4 Å². The van der Waals surface area contributed by atoms with Gasteiger partial charge in [-0.25, -0.2) is 0 Å². The SMILES string of the molecule is CCOc1ccccc1CNC(=NC)NC1CC=CC1.I. The van der Waals surface area contributed by atoms with Gasteiger partial charge in [-0.3, -0.25) is 4.99 Å². The highest BCUT2D eigenvalue weighted by Crippen LogP contribution is 2.17. The standard InChI is InChI=1S/C16H23N3O.HI/c1-3-20-15-11-7-4-8-13(15)12-18-16(17-2)19-14-9-5-6-10-14;/h4-8,11,14H,3,9-10,12H2,1-2H3,(H2,17,18,19);1H. The molecule has 116 valence electrons. The lowest BCUT2D eigenvalue weighted by Crippen LogP contribution is -2.42. The van der Waals surface area contributed by atoms with E-state index in [1.165, 1.54) is 0 Å². The second kappa shape index (κ2) is 9.65. The Bertz CT molecular complexity index is 480. The van der Waals surface area contributed by atoms with Crippen molar-refractivity contribution >= 4 is 29.9 Å². The molecule has 2 rings (SSSR count). The largest absolute Gasteiger partial charge is 0.494 e. The second-order valence-electron chi connectivity index (χ2n) is 4.75. The van der Waals surface area contributed by atoms with Gasteiger partial charge in [-0.15, -0.1) is 24.0 Å². The van der Waals surface area contributed by atoms with Crippen LogP contribution in [0.25, 0.3) is 0 Å². The van der Waals surface area contributed by atoms with Crippen molar-refractivity contribution in [1.29, 1.82) is 0 Å². The van der Waals surface area contributed by atoms with E-state index >= 15 is 0 Å². The fourth-order valence-corrected chi connectivity index (χ4v) is 2.25. The number of aliphatic imine (C=N–C) groups is 1. The van der Waals surface area contributed by atoms with Crippen LogP contribution < -0.4 is 15.4 Å². The Balaban J connectivity index is 0.00000220. The zero-order valence-electron chi connectivity index (χ0n) is 12.6. The lowest BCUT2D eigenvalue weighted by atomic mass is 10.2. The van der Waals surface area contributed by atoms with Crippen LogP contribution in [-0.2, 0) is 6.54 Å². The summed E-state index contributed by atoms with van der Waals surface area (Å²) in [4.78, 5) is 4.27. The number of nitrogens with one attached hydrogen (secondary N) is 2. The summed E-state index contributed by atoms with van der Waals surface area (Å²) < 4.78 is 5.63. The number of benzene rings is 1. The van der Waals surface area contributed by atoms with E-state index in [1.807, 2.05) is 25.1 Å². The van der Waals surface area contributed by atoms with Gasteiger partial charge in [0.25, 0.3) is 0 Å². The number of guanidine groups is 1. The molecule has 1 aliphatic carbocycles. The van der Waals surface area contributed by atoms with E-state index in [4.69, 9.17) is 4.74 Å². The van der Waals surface area contributed by atoms with Gasteiger partial charge in [-0.2, -0.15) is 0 Å². The Labute approximate surface area is 144 Å². The zero-order chi connectivity index (χ0) is 14.2. The molecule has 0 saturated heterocycles. The van der Waals surface area contributed by atoms with E-state index in [2.05, 4.69) is 33.8 Å². The third-order valence-corrected chi connectivity index (χ3v) is 3.29. The quantitative estimate of drug-likeness (QED) is 0.345. The highest BCUT2D eigenvalue weighted by atomic mass is 127. The first-order chi connectivity index (χ1) is 9.83. The van der Waals surface area contributed by atoms with Crippen LogP contribution in [0.15, 0.2) is 41.4 Å². The Morgan fingerprint density at radius 3 is 2.67 bits per heavy atom. The molecule has 2 N–H and O–H groups in total. The topological polar surface area (TPSA) is 45.6 Å². The molecule has 0 bridgehead atoms. The summed E-state index contributed by atoms with van der Waals surface area (Å²) in [7, 11) is 1.80. The molecule has 0 fully saturated rings. The van der Waals surface area contributed by atoms with Gasteiger partial charge in [0.1, 0.15) is 5.75 Å². The molecule has 4 nitrogen and oxygen atoms in total. The van der Waals surface area contributed by atoms with E-state index in [0.29, 0.717) is 19.2 Å². The van der Waals surface area contributed by atoms with Crippen LogP contribution in [0.3, 0.4) is 0 Å². The third kappa shape index (κ3) is 5.57. The molecule has 0 heterocycles. The van der Waals surface area contributed by atoms with Crippen LogP contribution in [0.4, 0.5) is 0 Å². The second-order valence-corrected chi connectivity index (χ2v) is 4.75. The van der Waals surface area contributed by atoms with Gasteiger partial charge in [0.2, 0.25) is 0 Å². The first kappa shape index (κ1) is 17.8. The number of hydrogen-bond donors (Lipinski definition) is 2. The summed E-state index contributed by atoms with van der Waals surface area (Å²) in [6.45, 7) is 3.38. The number of rotatable bonds is 5. The van der Waals surface area contributed by atoms with Gasteiger partial charge in [0.05, 0.1) is 6.61 Å². The smallest absolute Gasteiger partial charge is 0.191 e. The molecule has 1 aromatic rings. The first-order valence-electron chi connectivity index (χ1n) is 7.16. The average molecular weight is 401 g/mol. The minimum absolute atomic E-state index is 0. The lowest BCUT2D eigenvalue weighted by Gasteiger charge is -2.17. The molecule has 0 spiro atoms. The lowest BCUT2D eigenvalue weighted by molar-refractivity contribution is 0.336. The Kier molecular flexibility index (Phi) is 8.19. The van der Waals surface area contributed by atoms with Crippen LogP contribution in [0.2, 0.25) is 0 Å². The molecular weight excluding hydrogens is 377 g/mol. The fourth-order valence-electron chi connectivity index (χ4n) is 2.25. The monoisotopic (exact) mass is 401 g/mol. The summed E-state index contributed by atoms with van der Waals surface area (Å²) in [6.07, 6.45) is 6.54. The molecule has 5 heteroatoms. The van der Waals surface area contributed by atoms with E-state index in [-0.39, 0.29) is 24.0 Å². The molecule has 1 aromatic carbocycles. The van der Waals surface area contributed by atoms with Crippen LogP contribution in [-0.4, -0.2) is 25.7 Å². The number of halogens is 1. The summed E-state index contributed by atoms with van der Waals surface area (Å²) >= 11 is 0. The Morgan fingerprint density at radius 2 is 2.00 bits per heavy atom. The van der Waals surface area contributed by atoms with Crippen molar-refractivity contribution in [3.05, 3.63) is 42.0 Å². The van der Waals surface area contributed by atoms with Crippen molar-refractivity contribution in [2.75, 3.05) is 13.7 Å². The highest BCUT2D eigenvalue weighted by molar-refractivity contribution is 14.0. The number of para-hydroxylation sites is 1. The molecule has 1 aliphatic rings. The molecule has 0 atom stereocenters. The maximum absolute atomic E-state index is 5.63. The van der Waals surface area contributed by atoms with E-state index in [0.717, 1.165) is 30.1 Å². The average Bonchev–Trinajstić information content (AvgIpc) is 2.98. The first-order valence-corrected chi connectivity index (χ1v) is 7.16. The molecule has 0 aliphatic heterocycles. The van der Waals surface area contributed by atoms with Gasteiger partial charge >= 0.3 is 0 Å². The molecule has 0 unspecified atom stereocenters. The predicted octanol–water partition coefficient (Wildman–Crippen LogP) is 3.09. The molecule has 0 radical (unpaired) electrons. The molecule has 0 amide bonds. The van der Waals surface area contributed by atoms with Crippen molar-refractivity contribution in [3.63, 3.8) is 0 Å². The fraction of sp³-hybridized carbons (Fsp3) is 0.438. The third-order valence-electron chi connectivity index (χ3n) is 3.29. The summed E-state index contributed by atoms with van der Waals surface area (Å²) in [6, 6.07) is 8.55. The predicted molar refractivity (Wildman–Crippen MR) is 98.5 cm³/mol. The van der Waals surface area contributed by atoms with E-state index in [1.54, 1.807) is 7.05 Å². The van der Waals surface area contributed by atoms with Crippen LogP contribution in [0.5, 0.6) is 5.75 Å². The summed E-state index contributed by atoms with van der Waals surface area (Å²) in [5.74, 6) is 1.77. The Morgan fingerprint density at radius 1 is 1.29 bits per heavy atom. The zero-order valence-corrected chi connectivity index (χ0v) is 15.0. The minimum atomic E-state index is 0. The number of nitrogens with zero attached hydrogens (tertiary/aromatic N) is 1. The maximum atomic E-state index is 5.63. The van der Waals surface area contributed by atoms with E-state index in [9.17, 15) is 0 Å². The van der Waals surface area contributed by atoms with Crippen LogP contribution >= 0.6 is 24.0 Å². The minimum Gasteiger partial charge on any atom is -0.494 e. The number of ether oxygens (including phenoxy) is 1. The van der Waals surface area contributed by atoms with Crippen molar-refractivity contribution < 1.29 is 4.74 Å². The van der Waals surface area contributed by atoms with Gasteiger partial charge in [0.15, 0.2) is 5.96 Å². The number of hydrogen-bond acceptors (Lipinski definition) is 2. The maximum Gasteiger partial charge on any atom is 0.191 e. The van der Waals surface area contributed by atoms with Crippen LogP contribution in [0.1, 0.15) is 25.3 Å². The summed E-state index contributed by atoms with van der Waals surface area (Å²) in [5, 5.41) is 6.77. The highest BCUT2D eigenvalue weighted by Gasteiger charge is 2.11. The van der Waals surface area contributed by atoms with Gasteiger partial charge in [-0.05, 0) is 25.8 Å². The van der Waals surface area contributed by atoms with Gasteiger partial charge in [0, 0.05) is 25.2 Å². The molecule has 0 saturated carbocycles.